The predicted octanol–water partition coefficient (Wildman–Crippen LogP) is 2.86. The van der Waals surface area contributed by atoms with E-state index in [1.807, 2.05) is 13.8 Å². The van der Waals surface area contributed by atoms with Gasteiger partial charge >= 0.3 is 0 Å². The minimum atomic E-state index is 0.247. The van der Waals surface area contributed by atoms with Gasteiger partial charge < -0.3 is 5.11 Å². The summed E-state index contributed by atoms with van der Waals surface area (Å²) in [6.07, 6.45) is 3.48. The first-order chi connectivity index (χ1) is 5.83. The summed E-state index contributed by atoms with van der Waals surface area (Å²) in [6, 6.07) is 0. The standard InChI is InChI=1S/C6H8BrNOS.C2H6/c7-5-4-8-6(10-5)2-1-3-9;1-2/h4,9H,1-3H2;1-2H3. The van der Waals surface area contributed by atoms with Gasteiger partial charge in [0.2, 0.25) is 0 Å². The molecule has 0 atom stereocenters. The van der Waals surface area contributed by atoms with E-state index < -0.39 is 0 Å². The van der Waals surface area contributed by atoms with Crippen molar-refractivity contribution in [3.05, 3.63) is 15.0 Å². The molecule has 0 saturated heterocycles. The van der Waals surface area contributed by atoms with Gasteiger partial charge in [-0.15, -0.1) is 11.3 Å². The van der Waals surface area contributed by atoms with Crippen LogP contribution in [0, 0.1) is 0 Å². The molecule has 0 amide bonds. The van der Waals surface area contributed by atoms with Crippen molar-refractivity contribution >= 4 is 27.3 Å². The van der Waals surface area contributed by atoms with Gasteiger partial charge in [0, 0.05) is 13.0 Å². The number of halogens is 1. The molecule has 1 aromatic heterocycles. The number of thiazole rings is 1. The van der Waals surface area contributed by atoms with Gasteiger partial charge in [-0.3, -0.25) is 0 Å². The molecule has 2 nitrogen and oxygen atoms in total. The minimum absolute atomic E-state index is 0.247. The molecule has 1 N–H and O–H groups in total. The maximum atomic E-state index is 8.50. The van der Waals surface area contributed by atoms with Gasteiger partial charge in [-0.05, 0) is 22.4 Å². The van der Waals surface area contributed by atoms with Gasteiger partial charge in [-0.25, -0.2) is 4.98 Å². The monoisotopic (exact) mass is 251 g/mol. The third-order valence-corrected chi connectivity index (χ3v) is 2.61. The average molecular weight is 252 g/mol. The Morgan fingerprint density at radius 3 is 2.67 bits per heavy atom. The molecule has 0 unspecified atom stereocenters. The first kappa shape index (κ1) is 12.1. The SMILES string of the molecule is CC.OCCCc1ncc(Br)s1. The average Bonchev–Trinajstić information content (AvgIpc) is 2.51. The van der Waals surface area contributed by atoms with Crippen LogP contribution in [0.3, 0.4) is 0 Å². The summed E-state index contributed by atoms with van der Waals surface area (Å²) in [5, 5.41) is 9.58. The van der Waals surface area contributed by atoms with Crippen LogP contribution in [-0.4, -0.2) is 16.7 Å². The van der Waals surface area contributed by atoms with Gasteiger partial charge in [-0.1, -0.05) is 13.8 Å². The van der Waals surface area contributed by atoms with Crippen molar-refractivity contribution in [3.8, 4) is 0 Å². The van der Waals surface area contributed by atoms with Gasteiger partial charge in [0.05, 0.1) is 15.0 Å². The van der Waals surface area contributed by atoms with Crippen LogP contribution >= 0.6 is 27.3 Å². The van der Waals surface area contributed by atoms with Crippen molar-refractivity contribution in [2.75, 3.05) is 6.61 Å². The quantitative estimate of drug-likeness (QED) is 0.897. The highest BCUT2D eigenvalue weighted by molar-refractivity contribution is 9.11. The third-order valence-electron chi connectivity index (χ3n) is 1.07. The highest BCUT2D eigenvalue weighted by Crippen LogP contribution is 2.19. The number of nitrogens with zero attached hydrogens (tertiary/aromatic N) is 1. The normalized spacial score (nSPS) is 9.00. The summed E-state index contributed by atoms with van der Waals surface area (Å²) >= 11 is 4.94. The number of aliphatic hydroxyl groups is 1. The molecular formula is C8H14BrNOS. The van der Waals surface area contributed by atoms with E-state index in [0.717, 1.165) is 21.6 Å². The fourth-order valence-electron chi connectivity index (χ4n) is 0.634. The molecule has 1 aromatic rings. The molecule has 70 valence electrons. The van der Waals surface area contributed by atoms with Crippen LogP contribution in [0.1, 0.15) is 25.3 Å². The molecule has 12 heavy (non-hydrogen) atoms. The van der Waals surface area contributed by atoms with Crippen LogP contribution in [0.5, 0.6) is 0 Å². The first-order valence-electron chi connectivity index (χ1n) is 4.04. The van der Waals surface area contributed by atoms with Crippen LogP contribution in [0.15, 0.2) is 9.98 Å². The summed E-state index contributed by atoms with van der Waals surface area (Å²) in [6.45, 7) is 4.25. The zero-order chi connectivity index (χ0) is 9.40. The van der Waals surface area contributed by atoms with Gasteiger partial charge in [0.25, 0.3) is 0 Å². The Morgan fingerprint density at radius 2 is 2.25 bits per heavy atom. The van der Waals surface area contributed by atoms with Crippen LogP contribution in [0.4, 0.5) is 0 Å². The second-order valence-electron chi connectivity index (χ2n) is 1.89. The topological polar surface area (TPSA) is 33.1 Å². The number of hydrogen-bond donors (Lipinski definition) is 1. The van der Waals surface area contributed by atoms with E-state index in [0.29, 0.717) is 0 Å². The maximum absolute atomic E-state index is 8.50. The van der Waals surface area contributed by atoms with E-state index >= 15 is 0 Å². The lowest BCUT2D eigenvalue weighted by Gasteiger charge is -1.89. The van der Waals surface area contributed by atoms with Crippen molar-refractivity contribution in [1.82, 2.24) is 4.98 Å². The molecule has 0 aromatic carbocycles. The molecule has 0 aliphatic carbocycles. The number of aliphatic hydroxyl groups excluding tert-OH is 1. The minimum Gasteiger partial charge on any atom is -0.396 e. The van der Waals surface area contributed by atoms with E-state index in [2.05, 4.69) is 20.9 Å². The molecule has 0 radical (unpaired) electrons. The molecule has 1 heterocycles. The van der Waals surface area contributed by atoms with E-state index in [-0.39, 0.29) is 6.61 Å². The zero-order valence-electron chi connectivity index (χ0n) is 7.38. The van der Waals surface area contributed by atoms with Gasteiger partial charge in [0.1, 0.15) is 0 Å². The Kier molecular flexibility index (Phi) is 7.75. The Bertz CT molecular complexity index is 203. The molecule has 0 spiro atoms. The maximum Gasteiger partial charge on any atom is 0.0937 e. The number of aromatic nitrogens is 1. The Balaban J connectivity index is 0.000000561. The van der Waals surface area contributed by atoms with E-state index in [9.17, 15) is 0 Å². The van der Waals surface area contributed by atoms with E-state index in [1.54, 1.807) is 17.5 Å². The highest BCUT2D eigenvalue weighted by Gasteiger charge is 1.97. The lowest BCUT2D eigenvalue weighted by Crippen LogP contribution is -1.86. The Morgan fingerprint density at radius 1 is 1.58 bits per heavy atom. The van der Waals surface area contributed by atoms with Gasteiger partial charge in [0.15, 0.2) is 0 Å². The lowest BCUT2D eigenvalue weighted by atomic mass is 10.3. The third kappa shape index (κ3) is 4.85. The van der Waals surface area contributed by atoms with Crippen LogP contribution in [0.2, 0.25) is 0 Å². The number of aryl methyl sites for hydroxylation is 1. The van der Waals surface area contributed by atoms with Crippen molar-refractivity contribution in [1.29, 1.82) is 0 Å². The highest BCUT2D eigenvalue weighted by atomic mass is 79.9. The fourth-order valence-corrected chi connectivity index (χ4v) is 1.98. The number of hydrogen-bond acceptors (Lipinski definition) is 3. The number of rotatable bonds is 3. The smallest absolute Gasteiger partial charge is 0.0937 e. The van der Waals surface area contributed by atoms with Crippen LogP contribution in [-0.2, 0) is 6.42 Å². The molecule has 0 saturated carbocycles. The van der Waals surface area contributed by atoms with Crippen LogP contribution < -0.4 is 0 Å². The van der Waals surface area contributed by atoms with E-state index in [4.69, 9.17) is 5.11 Å². The second kappa shape index (κ2) is 7.71. The molecule has 0 aliphatic heterocycles. The van der Waals surface area contributed by atoms with Crippen LogP contribution in [0.25, 0.3) is 0 Å². The molecule has 4 heteroatoms. The predicted molar refractivity (Wildman–Crippen MR) is 56.6 cm³/mol. The zero-order valence-corrected chi connectivity index (χ0v) is 9.78. The van der Waals surface area contributed by atoms with Crippen molar-refractivity contribution in [2.45, 2.75) is 26.7 Å². The Labute approximate surface area is 85.8 Å². The van der Waals surface area contributed by atoms with Crippen molar-refractivity contribution in [3.63, 3.8) is 0 Å². The van der Waals surface area contributed by atoms with Crippen molar-refractivity contribution < 1.29 is 5.11 Å². The first-order valence-corrected chi connectivity index (χ1v) is 5.65. The van der Waals surface area contributed by atoms with E-state index in [1.165, 1.54) is 0 Å². The summed E-state index contributed by atoms with van der Waals surface area (Å²) in [7, 11) is 0. The second-order valence-corrected chi connectivity index (χ2v) is 4.38. The summed E-state index contributed by atoms with van der Waals surface area (Å²) < 4.78 is 1.06. The van der Waals surface area contributed by atoms with Crippen molar-refractivity contribution in [2.24, 2.45) is 0 Å². The lowest BCUT2D eigenvalue weighted by molar-refractivity contribution is 0.288. The molecular weight excluding hydrogens is 238 g/mol. The summed E-state index contributed by atoms with van der Waals surface area (Å²) in [5.74, 6) is 0. The molecule has 0 aliphatic rings. The molecule has 0 fully saturated rings. The molecule has 1 rings (SSSR count). The fraction of sp³-hybridized carbons (Fsp3) is 0.625. The van der Waals surface area contributed by atoms with Gasteiger partial charge in [-0.2, -0.15) is 0 Å². The largest absolute Gasteiger partial charge is 0.396 e. The Hall–Kier alpha value is 0.0700. The summed E-state index contributed by atoms with van der Waals surface area (Å²) in [4.78, 5) is 4.11. The molecule has 0 bridgehead atoms. The summed E-state index contributed by atoms with van der Waals surface area (Å²) in [5.41, 5.74) is 0.